The lowest BCUT2D eigenvalue weighted by atomic mass is 10.0. The van der Waals surface area contributed by atoms with E-state index in [4.69, 9.17) is 0 Å². The molecule has 2 nitrogen and oxygen atoms in total. The summed E-state index contributed by atoms with van der Waals surface area (Å²) in [5.41, 5.74) is -0.236. The average molecular weight is 335 g/mol. The largest absolute Gasteiger partial charge is 0.418 e. The number of benzene rings is 1. The summed E-state index contributed by atoms with van der Waals surface area (Å²) in [4.78, 5) is 1.88. The molecule has 2 aliphatic heterocycles. The van der Waals surface area contributed by atoms with Crippen molar-refractivity contribution in [3.8, 4) is 0 Å². The maximum atomic E-state index is 13.1. The van der Waals surface area contributed by atoms with Crippen LogP contribution in [0.2, 0.25) is 0 Å². The van der Waals surface area contributed by atoms with E-state index in [9.17, 15) is 13.2 Å². The Kier molecular flexibility index (Phi) is 3.25. The molecule has 6 heteroatoms. The van der Waals surface area contributed by atoms with E-state index < -0.39 is 11.7 Å². The first-order valence-electron chi connectivity index (χ1n) is 6.27. The lowest BCUT2D eigenvalue weighted by molar-refractivity contribution is -0.137. The Hall–Kier alpha value is -0.750. The van der Waals surface area contributed by atoms with Gasteiger partial charge in [-0.25, -0.2) is 0 Å². The van der Waals surface area contributed by atoms with Gasteiger partial charge in [0.15, 0.2) is 0 Å². The van der Waals surface area contributed by atoms with Crippen LogP contribution in [0, 0.1) is 11.8 Å². The van der Waals surface area contributed by atoms with E-state index in [2.05, 4.69) is 21.2 Å². The minimum Gasteiger partial charge on any atom is -0.370 e. The fourth-order valence-corrected chi connectivity index (χ4v) is 3.41. The Morgan fingerprint density at radius 3 is 2.37 bits per heavy atom. The Labute approximate surface area is 118 Å². The number of nitrogens with zero attached hydrogens (tertiary/aromatic N) is 1. The fraction of sp³-hybridized carbons (Fsp3) is 0.538. The zero-order valence-corrected chi connectivity index (χ0v) is 11.8. The van der Waals surface area contributed by atoms with Crippen LogP contribution in [-0.4, -0.2) is 26.2 Å². The number of hydrogen-bond donors (Lipinski definition) is 1. The Bertz CT molecular complexity index is 477. The number of nitrogens with one attached hydrogen (secondary N) is 1. The molecule has 0 aromatic heterocycles. The van der Waals surface area contributed by atoms with Crippen LogP contribution in [0.25, 0.3) is 0 Å². The van der Waals surface area contributed by atoms with E-state index in [0.717, 1.165) is 19.2 Å². The molecule has 0 radical (unpaired) electrons. The normalized spacial score (nSPS) is 26.8. The number of rotatable bonds is 1. The molecule has 2 aliphatic rings. The predicted octanol–water partition coefficient (Wildman–Crippen LogP) is 3.12. The smallest absolute Gasteiger partial charge is 0.370 e. The second kappa shape index (κ2) is 4.66. The number of hydrogen-bond acceptors (Lipinski definition) is 2. The summed E-state index contributed by atoms with van der Waals surface area (Å²) in [5.74, 6) is 0.945. The molecule has 0 spiro atoms. The van der Waals surface area contributed by atoms with Gasteiger partial charge in [0.2, 0.25) is 0 Å². The van der Waals surface area contributed by atoms with Gasteiger partial charge in [-0.05, 0) is 30.0 Å². The van der Waals surface area contributed by atoms with Crippen molar-refractivity contribution >= 4 is 21.6 Å². The van der Waals surface area contributed by atoms with Gasteiger partial charge in [0.1, 0.15) is 0 Å². The molecule has 104 valence electrons. The third-order valence-corrected chi connectivity index (χ3v) is 4.49. The molecule has 2 fully saturated rings. The highest BCUT2D eigenvalue weighted by molar-refractivity contribution is 9.10. The van der Waals surface area contributed by atoms with Crippen molar-refractivity contribution in [2.24, 2.45) is 11.8 Å². The standard InChI is InChI=1S/C13H14BrF3N2/c14-10-1-2-11(13(15,16)17)12(3-10)19-6-8-4-18-5-9(8)7-19/h1-3,8-9,18H,4-7H2/t8-,9+. The Morgan fingerprint density at radius 2 is 1.79 bits per heavy atom. The monoisotopic (exact) mass is 334 g/mol. The molecule has 1 N–H and O–H groups in total. The molecule has 2 atom stereocenters. The van der Waals surface area contributed by atoms with Gasteiger partial charge in [-0.1, -0.05) is 15.9 Å². The summed E-state index contributed by atoms with van der Waals surface area (Å²) in [7, 11) is 0. The summed E-state index contributed by atoms with van der Waals surface area (Å²) < 4.78 is 39.9. The van der Waals surface area contributed by atoms with Crippen molar-refractivity contribution in [3.63, 3.8) is 0 Å². The van der Waals surface area contributed by atoms with Crippen molar-refractivity contribution in [2.75, 3.05) is 31.1 Å². The second-order valence-electron chi connectivity index (χ2n) is 5.24. The fourth-order valence-electron chi connectivity index (χ4n) is 3.06. The van der Waals surface area contributed by atoms with Gasteiger partial charge < -0.3 is 10.2 Å². The van der Waals surface area contributed by atoms with Crippen LogP contribution in [0.4, 0.5) is 18.9 Å². The molecule has 1 aromatic rings. The van der Waals surface area contributed by atoms with Crippen molar-refractivity contribution < 1.29 is 13.2 Å². The van der Waals surface area contributed by atoms with E-state index in [1.165, 1.54) is 6.07 Å². The Balaban J connectivity index is 1.94. The van der Waals surface area contributed by atoms with Crippen LogP contribution >= 0.6 is 15.9 Å². The topological polar surface area (TPSA) is 15.3 Å². The molecule has 2 heterocycles. The summed E-state index contributed by atoms with van der Waals surface area (Å²) in [6.45, 7) is 3.24. The van der Waals surface area contributed by atoms with E-state index in [1.54, 1.807) is 6.07 Å². The quantitative estimate of drug-likeness (QED) is 0.848. The summed E-state index contributed by atoms with van der Waals surface area (Å²) >= 11 is 3.27. The molecule has 1 aromatic carbocycles. The second-order valence-corrected chi connectivity index (χ2v) is 6.16. The van der Waals surface area contributed by atoms with Crippen LogP contribution in [0.1, 0.15) is 5.56 Å². The van der Waals surface area contributed by atoms with Crippen molar-refractivity contribution in [1.82, 2.24) is 5.32 Å². The van der Waals surface area contributed by atoms with E-state index in [0.29, 0.717) is 35.1 Å². The van der Waals surface area contributed by atoms with E-state index in [-0.39, 0.29) is 0 Å². The van der Waals surface area contributed by atoms with E-state index in [1.807, 2.05) is 4.90 Å². The zero-order valence-electron chi connectivity index (χ0n) is 10.2. The zero-order chi connectivity index (χ0) is 13.6. The first-order valence-corrected chi connectivity index (χ1v) is 7.07. The van der Waals surface area contributed by atoms with Gasteiger partial charge in [0.25, 0.3) is 0 Å². The van der Waals surface area contributed by atoms with Crippen LogP contribution in [0.15, 0.2) is 22.7 Å². The minimum atomic E-state index is -4.30. The van der Waals surface area contributed by atoms with Gasteiger partial charge in [-0.15, -0.1) is 0 Å². The molecular formula is C13H14BrF3N2. The molecule has 0 saturated carbocycles. The molecule has 0 unspecified atom stereocenters. The SMILES string of the molecule is FC(F)(F)c1ccc(Br)cc1N1C[C@H]2CNC[C@H]2C1. The molecule has 0 bridgehead atoms. The van der Waals surface area contributed by atoms with Crippen molar-refractivity contribution in [2.45, 2.75) is 6.18 Å². The van der Waals surface area contributed by atoms with Gasteiger partial charge in [0.05, 0.1) is 11.3 Å². The minimum absolute atomic E-state index is 0.302. The Morgan fingerprint density at radius 1 is 1.16 bits per heavy atom. The first kappa shape index (κ1) is 13.2. The molecule has 0 amide bonds. The maximum absolute atomic E-state index is 13.1. The summed E-state index contributed by atoms with van der Waals surface area (Å²) in [6.07, 6.45) is -4.30. The van der Waals surface area contributed by atoms with Gasteiger partial charge >= 0.3 is 6.18 Å². The van der Waals surface area contributed by atoms with Gasteiger partial charge in [-0.3, -0.25) is 0 Å². The molecule has 0 aliphatic carbocycles. The van der Waals surface area contributed by atoms with Gasteiger partial charge in [0, 0.05) is 30.7 Å². The third-order valence-electron chi connectivity index (χ3n) is 4.00. The van der Waals surface area contributed by atoms with Crippen LogP contribution < -0.4 is 10.2 Å². The van der Waals surface area contributed by atoms with Crippen LogP contribution in [-0.2, 0) is 6.18 Å². The number of anilines is 1. The summed E-state index contributed by atoms with van der Waals surface area (Å²) in [6, 6.07) is 4.19. The van der Waals surface area contributed by atoms with Crippen molar-refractivity contribution in [3.05, 3.63) is 28.2 Å². The third kappa shape index (κ3) is 2.48. The number of alkyl halides is 3. The highest BCUT2D eigenvalue weighted by Gasteiger charge is 2.40. The predicted molar refractivity (Wildman–Crippen MR) is 71.2 cm³/mol. The van der Waals surface area contributed by atoms with Crippen molar-refractivity contribution in [1.29, 1.82) is 0 Å². The lowest BCUT2D eigenvalue weighted by Gasteiger charge is -2.24. The number of halogens is 4. The number of fused-ring (bicyclic) bond motifs is 1. The lowest BCUT2D eigenvalue weighted by Crippen LogP contribution is -2.27. The highest BCUT2D eigenvalue weighted by atomic mass is 79.9. The van der Waals surface area contributed by atoms with E-state index >= 15 is 0 Å². The summed E-state index contributed by atoms with van der Waals surface area (Å²) in [5, 5.41) is 3.29. The molecule has 2 saturated heterocycles. The molecule has 3 rings (SSSR count). The van der Waals surface area contributed by atoms with Crippen LogP contribution in [0.5, 0.6) is 0 Å². The highest BCUT2D eigenvalue weighted by Crippen LogP contribution is 2.41. The molecular weight excluding hydrogens is 321 g/mol. The maximum Gasteiger partial charge on any atom is 0.418 e. The van der Waals surface area contributed by atoms with Gasteiger partial charge in [-0.2, -0.15) is 13.2 Å². The molecule has 19 heavy (non-hydrogen) atoms. The first-order chi connectivity index (χ1) is 8.95. The average Bonchev–Trinajstić information content (AvgIpc) is 2.86. The van der Waals surface area contributed by atoms with Crippen LogP contribution in [0.3, 0.4) is 0 Å².